The lowest BCUT2D eigenvalue weighted by Crippen LogP contribution is -2.34. The molecule has 0 aromatic rings. The van der Waals surface area contributed by atoms with Crippen LogP contribution in [0.3, 0.4) is 0 Å². The first-order valence-corrected chi connectivity index (χ1v) is 6.53. The molecule has 0 aliphatic heterocycles. The minimum atomic E-state index is -3.13. The fraction of sp³-hybridized carbons (Fsp3) is 0.889. The lowest BCUT2D eigenvalue weighted by molar-refractivity contribution is -0.119. The molecule has 3 nitrogen and oxygen atoms in total. The molecule has 0 saturated heterocycles. The summed E-state index contributed by atoms with van der Waals surface area (Å²) in [6.45, 7) is 1.82. The van der Waals surface area contributed by atoms with Gasteiger partial charge in [0.2, 0.25) is 0 Å². The molecule has 0 aromatic heterocycles. The molecule has 1 aliphatic carbocycles. The molecule has 0 spiro atoms. The largest absolute Gasteiger partial charge is 0.298 e. The van der Waals surface area contributed by atoms with E-state index in [-0.39, 0.29) is 11.5 Å². The summed E-state index contributed by atoms with van der Waals surface area (Å²) in [7, 11) is -3.13. The fourth-order valence-corrected chi connectivity index (χ4v) is 3.66. The van der Waals surface area contributed by atoms with Crippen LogP contribution in [0.5, 0.6) is 0 Å². The monoisotopic (exact) mass is 204 g/mol. The average Bonchev–Trinajstić information content (AvgIpc) is 2.04. The number of rotatable bonds is 3. The third-order valence-electron chi connectivity index (χ3n) is 2.42. The van der Waals surface area contributed by atoms with Crippen molar-refractivity contribution in [2.45, 2.75) is 44.3 Å². The summed E-state index contributed by atoms with van der Waals surface area (Å²) in [6.07, 6.45) is 3.33. The van der Waals surface area contributed by atoms with E-state index in [2.05, 4.69) is 0 Å². The van der Waals surface area contributed by atoms with Crippen LogP contribution in [0.15, 0.2) is 0 Å². The number of hydrogen-bond donors (Lipinski definition) is 0. The Hall–Kier alpha value is -0.380. The molecule has 0 N–H and O–H groups in total. The number of sulfone groups is 1. The molecule has 13 heavy (non-hydrogen) atoms. The van der Waals surface area contributed by atoms with Crippen molar-refractivity contribution in [3.63, 3.8) is 0 Å². The minimum absolute atomic E-state index is 0.0697. The molecular formula is C9H16O3S. The van der Waals surface area contributed by atoms with Crippen LogP contribution < -0.4 is 0 Å². The van der Waals surface area contributed by atoms with Gasteiger partial charge in [0.25, 0.3) is 0 Å². The van der Waals surface area contributed by atoms with Crippen molar-refractivity contribution in [1.29, 1.82) is 0 Å². The molecule has 0 amide bonds. The summed E-state index contributed by atoms with van der Waals surface area (Å²) < 4.78 is 23.2. The van der Waals surface area contributed by atoms with Crippen LogP contribution in [0.1, 0.15) is 39.0 Å². The van der Waals surface area contributed by atoms with Crippen molar-refractivity contribution >= 4 is 15.6 Å². The van der Waals surface area contributed by atoms with Crippen molar-refractivity contribution < 1.29 is 13.2 Å². The van der Waals surface area contributed by atoms with E-state index in [4.69, 9.17) is 0 Å². The van der Waals surface area contributed by atoms with Gasteiger partial charge in [0.15, 0.2) is 15.6 Å². The molecule has 76 valence electrons. The Labute approximate surface area is 79.4 Å². The Kier molecular flexibility index (Phi) is 3.47. The van der Waals surface area contributed by atoms with Gasteiger partial charge in [0.05, 0.1) is 5.75 Å². The SMILES string of the molecule is CCCS(=O)(=O)C1CCCCC1=O. The summed E-state index contributed by atoms with van der Waals surface area (Å²) >= 11 is 0. The van der Waals surface area contributed by atoms with Gasteiger partial charge in [0, 0.05) is 6.42 Å². The van der Waals surface area contributed by atoms with Crippen molar-refractivity contribution in [3.8, 4) is 0 Å². The lowest BCUT2D eigenvalue weighted by atomic mass is 9.99. The van der Waals surface area contributed by atoms with E-state index in [1.165, 1.54) is 0 Å². The zero-order chi connectivity index (χ0) is 9.90. The molecule has 1 rings (SSSR count). The van der Waals surface area contributed by atoms with Crippen LogP contribution in [0.25, 0.3) is 0 Å². The van der Waals surface area contributed by atoms with E-state index >= 15 is 0 Å². The number of hydrogen-bond acceptors (Lipinski definition) is 3. The normalized spacial score (nSPS) is 24.7. The molecule has 1 saturated carbocycles. The van der Waals surface area contributed by atoms with Gasteiger partial charge in [-0.2, -0.15) is 0 Å². The second-order valence-electron chi connectivity index (χ2n) is 3.57. The molecule has 1 fully saturated rings. The van der Waals surface area contributed by atoms with Gasteiger partial charge >= 0.3 is 0 Å². The van der Waals surface area contributed by atoms with Crippen molar-refractivity contribution in [2.24, 2.45) is 0 Å². The Morgan fingerprint density at radius 1 is 1.38 bits per heavy atom. The number of carbonyl (C=O) groups is 1. The quantitative estimate of drug-likeness (QED) is 0.696. The van der Waals surface area contributed by atoms with Crippen molar-refractivity contribution in [3.05, 3.63) is 0 Å². The number of carbonyl (C=O) groups excluding carboxylic acids is 1. The molecule has 1 atom stereocenters. The van der Waals surface area contributed by atoms with E-state index in [0.717, 1.165) is 12.8 Å². The highest BCUT2D eigenvalue weighted by atomic mass is 32.2. The van der Waals surface area contributed by atoms with Crippen LogP contribution in [0, 0.1) is 0 Å². The van der Waals surface area contributed by atoms with Gasteiger partial charge < -0.3 is 0 Å². The predicted molar refractivity (Wildman–Crippen MR) is 51.3 cm³/mol. The molecule has 0 radical (unpaired) electrons. The van der Waals surface area contributed by atoms with Gasteiger partial charge in [-0.3, -0.25) is 4.79 Å². The predicted octanol–water partition coefficient (Wildman–Crippen LogP) is 1.32. The first-order chi connectivity index (χ1) is 6.08. The summed E-state index contributed by atoms with van der Waals surface area (Å²) in [4.78, 5) is 11.3. The van der Waals surface area contributed by atoms with Crippen molar-refractivity contribution in [1.82, 2.24) is 0 Å². The van der Waals surface area contributed by atoms with Crippen LogP contribution in [0.2, 0.25) is 0 Å². The average molecular weight is 204 g/mol. The van der Waals surface area contributed by atoms with E-state index < -0.39 is 15.1 Å². The van der Waals surface area contributed by atoms with E-state index in [1.54, 1.807) is 0 Å². The first kappa shape index (κ1) is 10.7. The van der Waals surface area contributed by atoms with Crippen LogP contribution >= 0.6 is 0 Å². The zero-order valence-corrected chi connectivity index (χ0v) is 8.77. The van der Waals surface area contributed by atoms with E-state index in [1.807, 2.05) is 6.92 Å². The van der Waals surface area contributed by atoms with Gasteiger partial charge in [-0.15, -0.1) is 0 Å². The van der Waals surface area contributed by atoms with Crippen LogP contribution in [0.4, 0.5) is 0 Å². The standard InChI is InChI=1S/C9H16O3S/c1-2-7-13(11,12)9-6-4-3-5-8(9)10/h9H,2-7H2,1H3. The summed E-state index contributed by atoms with van der Waals surface area (Å²) in [5.41, 5.74) is 0. The van der Waals surface area contributed by atoms with Gasteiger partial charge in [0.1, 0.15) is 5.25 Å². The Morgan fingerprint density at radius 2 is 2.08 bits per heavy atom. The zero-order valence-electron chi connectivity index (χ0n) is 7.95. The van der Waals surface area contributed by atoms with Gasteiger partial charge in [-0.25, -0.2) is 8.42 Å². The lowest BCUT2D eigenvalue weighted by Gasteiger charge is -2.20. The molecule has 0 heterocycles. The molecular weight excluding hydrogens is 188 g/mol. The minimum Gasteiger partial charge on any atom is -0.298 e. The maximum atomic E-state index is 11.6. The maximum absolute atomic E-state index is 11.6. The second-order valence-corrected chi connectivity index (χ2v) is 5.87. The fourth-order valence-electron chi connectivity index (χ4n) is 1.76. The topological polar surface area (TPSA) is 51.2 Å². The van der Waals surface area contributed by atoms with Crippen LogP contribution in [-0.2, 0) is 14.6 Å². The van der Waals surface area contributed by atoms with Gasteiger partial charge in [-0.1, -0.05) is 13.3 Å². The highest BCUT2D eigenvalue weighted by Gasteiger charge is 2.32. The van der Waals surface area contributed by atoms with Gasteiger partial charge in [-0.05, 0) is 19.3 Å². The van der Waals surface area contributed by atoms with E-state index in [9.17, 15) is 13.2 Å². The number of ketones is 1. The molecule has 0 aromatic carbocycles. The third kappa shape index (κ3) is 2.53. The Bertz CT molecular complexity index is 279. The van der Waals surface area contributed by atoms with Crippen molar-refractivity contribution in [2.75, 3.05) is 5.75 Å². The van der Waals surface area contributed by atoms with Crippen LogP contribution in [-0.4, -0.2) is 25.2 Å². The number of Topliss-reactive ketones (excluding diaryl/α,β-unsaturated/α-hetero) is 1. The smallest absolute Gasteiger partial charge is 0.160 e. The molecule has 1 unspecified atom stereocenters. The molecule has 0 bridgehead atoms. The highest BCUT2D eigenvalue weighted by molar-refractivity contribution is 7.92. The molecule has 1 aliphatic rings. The maximum Gasteiger partial charge on any atom is 0.160 e. The Morgan fingerprint density at radius 3 is 2.62 bits per heavy atom. The summed E-state index contributed by atoms with van der Waals surface area (Å²) in [5.74, 6) is 0.0864. The summed E-state index contributed by atoms with van der Waals surface area (Å²) in [5, 5.41) is -0.679. The highest BCUT2D eigenvalue weighted by Crippen LogP contribution is 2.21. The Balaban J connectivity index is 2.74. The van der Waals surface area contributed by atoms with E-state index in [0.29, 0.717) is 19.3 Å². The molecule has 4 heteroatoms. The first-order valence-electron chi connectivity index (χ1n) is 4.82. The summed E-state index contributed by atoms with van der Waals surface area (Å²) in [6, 6.07) is 0. The third-order valence-corrected chi connectivity index (χ3v) is 4.76. The second kappa shape index (κ2) is 4.22.